The number of ether oxygens (including phenoxy) is 2. The molecule has 4 N–H and O–H groups in total. The lowest BCUT2D eigenvalue weighted by Crippen LogP contribution is -2.45. The van der Waals surface area contributed by atoms with Gasteiger partial charge in [-0.1, -0.05) is 34.1 Å². The van der Waals surface area contributed by atoms with Crippen molar-refractivity contribution in [1.82, 2.24) is 4.98 Å². The van der Waals surface area contributed by atoms with E-state index in [9.17, 15) is 19.8 Å². The summed E-state index contributed by atoms with van der Waals surface area (Å²) >= 11 is 1.48. The fourth-order valence-corrected chi connectivity index (χ4v) is 5.74. The van der Waals surface area contributed by atoms with Gasteiger partial charge in [0.1, 0.15) is 16.9 Å². The van der Waals surface area contributed by atoms with Crippen LogP contribution in [0, 0.1) is 17.3 Å². The predicted molar refractivity (Wildman–Crippen MR) is 139 cm³/mol. The SMILES string of the molecule is C/C(=C\c1csc(CN)n1)[C@@H]1CC2O[C@]2(C)CCC[C@H](C)[C@H](O)[C@@H](C)C(=O)C(C)(C)[C@@H](O)CC(=O)O1. The summed E-state index contributed by atoms with van der Waals surface area (Å²) in [6, 6.07) is 0. The second kappa shape index (κ2) is 11.4. The molecule has 3 rings (SSSR count). The van der Waals surface area contributed by atoms with Gasteiger partial charge in [0, 0.05) is 24.3 Å². The minimum Gasteiger partial charge on any atom is -0.458 e. The lowest BCUT2D eigenvalue weighted by atomic mass is 9.73. The van der Waals surface area contributed by atoms with Crippen LogP contribution in [-0.2, 0) is 25.6 Å². The summed E-state index contributed by atoms with van der Waals surface area (Å²) in [5.74, 6) is -1.59. The lowest BCUT2D eigenvalue weighted by molar-refractivity contribution is -0.154. The van der Waals surface area contributed by atoms with Gasteiger partial charge >= 0.3 is 5.97 Å². The first-order valence-electron chi connectivity index (χ1n) is 12.9. The number of carbonyl (C=O) groups excluding carboxylic acids is 2. The van der Waals surface area contributed by atoms with Crippen LogP contribution >= 0.6 is 11.3 Å². The molecule has 3 heterocycles. The van der Waals surface area contributed by atoms with Crippen molar-refractivity contribution in [2.45, 2.75) is 110 Å². The molecule has 2 fully saturated rings. The summed E-state index contributed by atoms with van der Waals surface area (Å²) in [7, 11) is 0. The second-order valence-corrected chi connectivity index (χ2v) is 12.3. The Morgan fingerprint density at radius 2 is 1.97 bits per heavy atom. The van der Waals surface area contributed by atoms with Crippen LogP contribution < -0.4 is 5.73 Å². The number of thiazole rings is 1. The van der Waals surface area contributed by atoms with Crippen LogP contribution in [0.1, 0.15) is 84.3 Å². The van der Waals surface area contributed by atoms with Gasteiger partial charge in [0.25, 0.3) is 0 Å². The number of aliphatic hydroxyl groups excluding tert-OH is 2. The molecule has 202 valence electrons. The van der Waals surface area contributed by atoms with E-state index in [0.29, 0.717) is 13.0 Å². The number of cyclic esters (lactones) is 1. The zero-order chi connectivity index (χ0) is 26.8. The minimum atomic E-state index is -1.24. The number of carbonyl (C=O) groups is 2. The Bertz CT molecular complexity index is 975. The number of ketones is 1. The molecule has 9 heteroatoms. The zero-order valence-electron chi connectivity index (χ0n) is 22.3. The molecule has 0 aromatic carbocycles. The van der Waals surface area contributed by atoms with Crippen molar-refractivity contribution in [1.29, 1.82) is 0 Å². The van der Waals surface area contributed by atoms with E-state index in [0.717, 1.165) is 35.5 Å². The van der Waals surface area contributed by atoms with E-state index in [1.807, 2.05) is 25.3 Å². The van der Waals surface area contributed by atoms with Gasteiger partial charge in [-0.2, -0.15) is 0 Å². The van der Waals surface area contributed by atoms with Gasteiger partial charge in [-0.25, -0.2) is 4.98 Å². The van der Waals surface area contributed by atoms with Gasteiger partial charge in [-0.15, -0.1) is 11.3 Å². The average molecular weight is 523 g/mol. The Hall–Kier alpha value is -1.65. The molecule has 0 amide bonds. The van der Waals surface area contributed by atoms with Gasteiger partial charge in [0.05, 0.1) is 41.4 Å². The number of aliphatic hydroxyl groups is 2. The van der Waals surface area contributed by atoms with Crippen molar-refractivity contribution in [3.8, 4) is 0 Å². The van der Waals surface area contributed by atoms with E-state index < -0.39 is 35.6 Å². The van der Waals surface area contributed by atoms with Crippen LogP contribution in [0.4, 0.5) is 0 Å². The van der Waals surface area contributed by atoms with Crippen molar-refractivity contribution < 1.29 is 29.3 Å². The van der Waals surface area contributed by atoms with Gasteiger partial charge in [-0.05, 0) is 44.3 Å². The molecule has 0 bridgehead atoms. The van der Waals surface area contributed by atoms with Crippen LogP contribution in [0.3, 0.4) is 0 Å². The molecule has 8 nitrogen and oxygen atoms in total. The Labute approximate surface area is 218 Å². The Balaban J connectivity index is 1.85. The van der Waals surface area contributed by atoms with E-state index in [1.165, 1.54) is 11.3 Å². The molecular formula is C27H42N2O6S. The number of fused-ring (bicyclic) bond motifs is 1. The Morgan fingerprint density at radius 3 is 2.61 bits per heavy atom. The van der Waals surface area contributed by atoms with Crippen molar-refractivity contribution in [3.05, 3.63) is 21.7 Å². The van der Waals surface area contributed by atoms with Crippen molar-refractivity contribution in [2.24, 2.45) is 23.0 Å². The molecule has 7 atom stereocenters. The van der Waals surface area contributed by atoms with Gasteiger partial charge in [0.2, 0.25) is 0 Å². The lowest BCUT2D eigenvalue weighted by Gasteiger charge is -2.34. The quantitative estimate of drug-likeness (QED) is 0.405. The monoisotopic (exact) mass is 522 g/mol. The maximum atomic E-state index is 13.2. The number of Topliss-reactive ketones (excluding diaryl/α,β-unsaturated/α-hetero) is 1. The highest BCUT2D eigenvalue weighted by molar-refractivity contribution is 7.09. The molecule has 0 spiro atoms. The number of hydrogen-bond donors (Lipinski definition) is 3. The standard InChI is InChI=1S/C27H42N2O6S/c1-15-8-7-9-27(6)21(35-27)11-19(16(2)10-18-14-36-22(13-28)29-18)34-23(31)12-20(30)26(4,5)25(33)17(3)24(15)32/h10,14-15,17,19-21,24,30,32H,7-9,11-13,28H2,1-6H3/b16-10+/t15-,17+,19-,20-,21?,24-,27+/m0/s1. The Kier molecular flexibility index (Phi) is 9.15. The van der Waals surface area contributed by atoms with Crippen LogP contribution in [0.2, 0.25) is 0 Å². The molecule has 0 aliphatic carbocycles. The zero-order valence-corrected chi connectivity index (χ0v) is 23.1. The first-order valence-corrected chi connectivity index (χ1v) is 13.8. The van der Waals surface area contributed by atoms with E-state index in [4.69, 9.17) is 15.2 Å². The van der Waals surface area contributed by atoms with Crippen LogP contribution in [0.15, 0.2) is 11.0 Å². The summed E-state index contributed by atoms with van der Waals surface area (Å²) in [6.07, 6.45) is 1.80. The van der Waals surface area contributed by atoms with E-state index in [-0.39, 0.29) is 29.8 Å². The summed E-state index contributed by atoms with van der Waals surface area (Å²) in [4.78, 5) is 30.7. The topological polar surface area (TPSA) is 135 Å². The number of nitrogens with zero attached hydrogens (tertiary/aromatic N) is 1. The smallest absolute Gasteiger partial charge is 0.309 e. The van der Waals surface area contributed by atoms with Crippen LogP contribution in [0.5, 0.6) is 0 Å². The molecule has 0 radical (unpaired) electrons. The normalized spacial score (nSPS) is 36.8. The van der Waals surface area contributed by atoms with Crippen molar-refractivity contribution >= 4 is 29.2 Å². The first kappa shape index (κ1) is 28.9. The molecule has 1 aromatic rings. The molecule has 2 aliphatic heterocycles. The van der Waals surface area contributed by atoms with Crippen LogP contribution in [0.25, 0.3) is 6.08 Å². The number of hydrogen-bond acceptors (Lipinski definition) is 9. The predicted octanol–water partition coefficient (Wildman–Crippen LogP) is 3.63. The fraction of sp³-hybridized carbons (Fsp3) is 0.741. The third-order valence-electron chi connectivity index (χ3n) is 8.03. The van der Waals surface area contributed by atoms with Crippen molar-refractivity contribution in [3.63, 3.8) is 0 Å². The van der Waals surface area contributed by atoms with Gasteiger partial charge in [-0.3, -0.25) is 9.59 Å². The Morgan fingerprint density at radius 1 is 1.28 bits per heavy atom. The summed E-state index contributed by atoms with van der Waals surface area (Å²) < 4.78 is 11.9. The maximum absolute atomic E-state index is 13.2. The third-order valence-corrected chi connectivity index (χ3v) is 8.92. The molecule has 1 aromatic heterocycles. The first-order chi connectivity index (χ1) is 16.8. The highest BCUT2D eigenvalue weighted by Crippen LogP contribution is 2.45. The largest absolute Gasteiger partial charge is 0.458 e. The molecule has 36 heavy (non-hydrogen) atoms. The molecule has 1 unspecified atom stereocenters. The average Bonchev–Trinajstić information content (AvgIpc) is 3.23. The number of esters is 1. The van der Waals surface area contributed by atoms with E-state index >= 15 is 0 Å². The molecule has 2 saturated heterocycles. The molecular weight excluding hydrogens is 480 g/mol. The van der Waals surface area contributed by atoms with E-state index in [1.54, 1.807) is 20.8 Å². The number of epoxide rings is 1. The minimum absolute atomic E-state index is 0.0660. The molecule has 0 saturated carbocycles. The third kappa shape index (κ3) is 6.61. The highest BCUT2D eigenvalue weighted by atomic mass is 32.1. The van der Waals surface area contributed by atoms with Gasteiger partial charge in [0.15, 0.2) is 0 Å². The second-order valence-electron chi connectivity index (χ2n) is 11.3. The van der Waals surface area contributed by atoms with E-state index in [2.05, 4.69) is 11.9 Å². The maximum Gasteiger partial charge on any atom is 0.309 e. The van der Waals surface area contributed by atoms with Crippen molar-refractivity contribution in [2.75, 3.05) is 0 Å². The summed E-state index contributed by atoms with van der Waals surface area (Å²) in [5.41, 5.74) is 5.74. The highest BCUT2D eigenvalue weighted by Gasteiger charge is 2.53. The molecule has 2 aliphatic rings. The number of aromatic nitrogens is 1. The summed E-state index contributed by atoms with van der Waals surface area (Å²) in [6.45, 7) is 11.2. The fourth-order valence-electron chi connectivity index (χ4n) is 5.11. The van der Waals surface area contributed by atoms with Gasteiger partial charge < -0.3 is 25.4 Å². The number of rotatable bonds is 3. The summed E-state index contributed by atoms with van der Waals surface area (Å²) in [5, 5.41) is 24.5. The van der Waals surface area contributed by atoms with Crippen LogP contribution in [-0.4, -0.2) is 57.0 Å². The number of nitrogens with two attached hydrogens (primary N) is 1.